The minimum absolute atomic E-state index is 0.115. The van der Waals surface area contributed by atoms with Gasteiger partial charge in [0.2, 0.25) is 0 Å². The second-order valence-electron chi connectivity index (χ2n) is 8.76. The normalized spacial score (nSPS) is 18.9. The summed E-state index contributed by atoms with van der Waals surface area (Å²) in [7, 11) is -0.973. The lowest BCUT2D eigenvalue weighted by atomic mass is 9.91. The van der Waals surface area contributed by atoms with Gasteiger partial charge in [-0.05, 0) is 62.0 Å². The summed E-state index contributed by atoms with van der Waals surface area (Å²) in [6.07, 6.45) is 5.78. The summed E-state index contributed by atoms with van der Waals surface area (Å²) in [5, 5.41) is 0. The quantitative estimate of drug-likeness (QED) is 0.653. The fourth-order valence-electron chi connectivity index (χ4n) is 3.89. The van der Waals surface area contributed by atoms with E-state index >= 15 is 0 Å². The molecule has 1 unspecified atom stereocenters. The van der Waals surface area contributed by atoms with E-state index in [9.17, 15) is 0 Å². The van der Waals surface area contributed by atoms with E-state index in [0.717, 1.165) is 17.9 Å². The number of hydrogen-bond donors (Lipinski definition) is 1. The average molecular weight is 380 g/mol. The third-order valence-electron chi connectivity index (χ3n) is 6.46. The molecule has 1 nitrogen and oxygen atoms in total. The molecule has 0 aromatic heterocycles. The van der Waals surface area contributed by atoms with Gasteiger partial charge < -0.3 is 5.73 Å². The van der Waals surface area contributed by atoms with Crippen LogP contribution < -0.4 is 5.73 Å². The highest BCUT2D eigenvalue weighted by Gasteiger charge is 2.38. The lowest BCUT2D eigenvalue weighted by Crippen LogP contribution is -2.28. The van der Waals surface area contributed by atoms with E-state index in [2.05, 4.69) is 94.5 Å². The van der Waals surface area contributed by atoms with Gasteiger partial charge in [0.1, 0.15) is 0 Å². The van der Waals surface area contributed by atoms with Gasteiger partial charge in [0.25, 0.3) is 0 Å². The molecule has 2 aromatic carbocycles. The van der Waals surface area contributed by atoms with E-state index < -0.39 is 10.0 Å². The molecule has 0 aliphatic heterocycles. The van der Waals surface area contributed by atoms with E-state index in [1.54, 1.807) is 0 Å². The maximum Gasteiger partial charge on any atom is 0.0195 e. The number of rotatable bonds is 5. The monoisotopic (exact) mass is 379 g/mol. The van der Waals surface area contributed by atoms with Gasteiger partial charge in [-0.3, -0.25) is 0 Å². The van der Waals surface area contributed by atoms with Crippen LogP contribution in [0.3, 0.4) is 0 Å². The Balaban J connectivity index is 1.85. The molecule has 2 aromatic rings. The van der Waals surface area contributed by atoms with Crippen molar-refractivity contribution in [3.05, 3.63) is 94.7 Å². The Kier molecular flexibility index (Phi) is 5.31. The number of aryl methyl sites for hydroxylation is 1. The molecule has 0 fully saturated rings. The van der Waals surface area contributed by atoms with E-state index in [4.69, 9.17) is 5.73 Å². The van der Waals surface area contributed by atoms with Crippen LogP contribution in [-0.4, -0.2) is 18.3 Å². The van der Waals surface area contributed by atoms with E-state index in [-0.39, 0.29) is 4.75 Å². The largest absolute Gasteiger partial charge is 0.402 e. The van der Waals surface area contributed by atoms with Crippen LogP contribution in [0.5, 0.6) is 0 Å². The first-order chi connectivity index (χ1) is 12.6. The van der Waals surface area contributed by atoms with Crippen molar-refractivity contribution in [2.45, 2.75) is 37.9 Å². The zero-order valence-electron chi connectivity index (χ0n) is 17.4. The lowest BCUT2D eigenvalue weighted by Gasteiger charge is -2.48. The minimum atomic E-state index is -0.973. The molecule has 0 saturated carbocycles. The summed E-state index contributed by atoms with van der Waals surface area (Å²) in [6.45, 7) is 11.4. The number of allylic oxidation sites excluding steroid dienone is 2. The minimum Gasteiger partial charge on any atom is -0.402 e. The molecule has 0 spiro atoms. The Bertz CT molecular complexity index is 857. The van der Waals surface area contributed by atoms with Gasteiger partial charge in [-0.1, -0.05) is 66.7 Å². The molecule has 1 aliphatic carbocycles. The second-order valence-corrected chi connectivity index (χ2v) is 13.1. The van der Waals surface area contributed by atoms with E-state index in [1.807, 2.05) is 0 Å². The van der Waals surface area contributed by atoms with Gasteiger partial charge in [-0.2, -0.15) is 0 Å². The lowest BCUT2D eigenvalue weighted by molar-refractivity contribution is 0.767. The molecule has 0 radical (unpaired) electrons. The molecule has 144 valence electrons. The van der Waals surface area contributed by atoms with Gasteiger partial charge in [-0.25, -0.2) is 10.0 Å². The molecule has 27 heavy (non-hydrogen) atoms. The van der Waals surface area contributed by atoms with Gasteiger partial charge in [-0.15, -0.1) is 0 Å². The summed E-state index contributed by atoms with van der Waals surface area (Å²) < 4.78 is 0.115. The molecule has 1 aliphatic rings. The first-order valence-corrected chi connectivity index (χ1v) is 12.2. The van der Waals surface area contributed by atoms with Gasteiger partial charge in [0, 0.05) is 22.1 Å². The van der Waals surface area contributed by atoms with Crippen LogP contribution in [0.4, 0.5) is 0 Å². The summed E-state index contributed by atoms with van der Waals surface area (Å²) >= 11 is 0. The first kappa shape index (κ1) is 19.8. The van der Waals surface area contributed by atoms with E-state index in [0.29, 0.717) is 5.92 Å². The van der Waals surface area contributed by atoms with Crippen LogP contribution in [-0.2, 0) is 4.75 Å². The van der Waals surface area contributed by atoms with Crippen LogP contribution in [0.25, 0.3) is 0 Å². The van der Waals surface area contributed by atoms with Gasteiger partial charge in [0.05, 0.1) is 0 Å². The molecule has 2 N–H and O–H groups in total. The molecule has 1 atom stereocenters. The Morgan fingerprint density at radius 1 is 1.04 bits per heavy atom. The first-order valence-electron chi connectivity index (χ1n) is 9.63. The smallest absolute Gasteiger partial charge is 0.0195 e. The second kappa shape index (κ2) is 7.24. The fourth-order valence-corrected chi connectivity index (χ4v) is 6.11. The topological polar surface area (TPSA) is 26.0 Å². The van der Waals surface area contributed by atoms with Crippen LogP contribution in [0.15, 0.2) is 78.0 Å². The van der Waals surface area contributed by atoms with Crippen LogP contribution in [0.1, 0.15) is 42.9 Å². The fraction of sp³-hybridized carbons (Fsp3) is 0.360. The molecule has 3 rings (SSSR count). The third kappa shape index (κ3) is 3.73. The summed E-state index contributed by atoms with van der Waals surface area (Å²) in [5.41, 5.74) is 14.1. The average Bonchev–Trinajstić information content (AvgIpc) is 2.91. The van der Waals surface area contributed by atoms with Gasteiger partial charge >= 0.3 is 0 Å². The molecule has 0 bridgehead atoms. The Morgan fingerprint density at radius 2 is 1.63 bits per heavy atom. The van der Waals surface area contributed by atoms with Crippen molar-refractivity contribution in [1.29, 1.82) is 0 Å². The molecule has 0 amide bonds. The zero-order chi connectivity index (χ0) is 19.8. The van der Waals surface area contributed by atoms with Crippen molar-refractivity contribution in [1.82, 2.24) is 0 Å². The SMILES string of the molecule is C=C1C(CS(C)(C)C(C)(C)c2ccccc2)=C(N)CC1c1ccc(C)cc1. The van der Waals surface area contributed by atoms with Crippen molar-refractivity contribution in [3.8, 4) is 0 Å². The van der Waals surface area contributed by atoms with Crippen molar-refractivity contribution in [2.24, 2.45) is 5.73 Å². The van der Waals surface area contributed by atoms with Crippen molar-refractivity contribution >= 4 is 10.0 Å². The van der Waals surface area contributed by atoms with Crippen LogP contribution in [0, 0.1) is 6.92 Å². The molecule has 2 heteroatoms. The van der Waals surface area contributed by atoms with Crippen LogP contribution >= 0.6 is 10.0 Å². The third-order valence-corrected chi connectivity index (χ3v) is 10.5. The highest BCUT2D eigenvalue weighted by atomic mass is 32.3. The summed E-state index contributed by atoms with van der Waals surface area (Å²) in [5.74, 6) is 1.36. The highest BCUT2D eigenvalue weighted by Crippen LogP contribution is 2.61. The Hall–Kier alpha value is -1.93. The zero-order valence-corrected chi connectivity index (χ0v) is 18.2. The van der Waals surface area contributed by atoms with Crippen molar-refractivity contribution in [3.63, 3.8) is 0 Å². The predicted octanol–water partition coefficient (Wildman–Crippen LogP) is 6.25. The Morgan fingerprint density at radius 3 is 2.22 bits per heavy atom. The predicted molar refractivity (Wildman–Crippen MR) is 123 cm³/mol. The van der Waals surface area contributed by atoms with Crippen LogP contribution in [0.2, 0.25) is 0 Å². The molecular weight excluding hydrogens is 346 g/mol. The molecular formula is C25H33NS. The van der Waals surface area contributed by atoms with Crippen molar-refractivity contribution in [2.75, 3.05) is 18.3 Å². The van der Waals surface area contributed by atoms with Gasteiger partial charge in [0.15, 0.2) is 0 Å². The van der Waals surface area contributed by atoms with Crippen molar-refractivity contribution < 1.29 is 0 Å². The number of benzene rings is 2. The summed E-state index contributed by atoms with van der Waals surface area (Å²) in [6, 6.07) is 19.7. The summed E-state index contributed by atoms with van der Waals surface area (Å²) in [4.78, 5) is 0. The Labute approximate surface area is 166 Å². The number of nitrogens with two attached hydrogens (primary N) is 1. The maximum atomic E-state index is 6.55. The number of hydrogen-bond acceptors (Lipinski definition) is 1. The highest BCUT2D eigenvalue weighted by molar-refractivity contribution is 8.33. The maximum absolute atomic E-state index is 6.55. The molecule has 0 heterocycles. The standard InChI is InChI=1S/C25H33NS/c1-18-12-14-20(15-13-18)22-16-24(26)23(19(22)2)17-27(5,6)25(3,4)21-10-8-7-9-11-21/h7-15,22H,2,16-17,26H2,1,3-6H3. The molecule has 0 saturated heterocycles. The van der Waals surface area contributed by atoms with E-state index in [1.165, 1.54) is 27.8 Å².